The molecule has 2 heterocycles. The Kier molecular flexibility index (Phi) is 3.72. The van der Waals surface area contributed by atoms with Crippen LogP contribution in [0.4, 0.5) is 11.4 Å². The van der Waals surface area contributed by atoms with Crippen molar-refractivity contribution in [2.45, 2.75) is 19.2 Å². The first-order chi connectivity index (χ1) is 9.88. The number of hydrogen-bond donors (Lipinski definition) is 2. The van der Waals surface area contributed by atoms with Crippen LogP contribution >= 0.6 is 45.1 Å². The van der Waals surface area contributed by atoms with Crippen LogP contribution in [0.1, 0.15) is 0 Å². The van der Waals surface area contributed by atoms with Crippen LogP contribution < -0.4 is 10.6 Å². The molecular formula is C14H12N2S4. The van der Waals surface area contributed by atoms with Crippen molar-refractivity contribution in [2.75, 3.05) is 10.6 Å². The van der Waals surface area contributed by atoms with Gasteiger partial charge in [0, 0.05) is 21.2 Å². The Morgan fingerprint density at radius 2 is 1.15 bits per heavy atom. The maximum atomic E-state index is 3.55. The molecule has 2 aromatic carbocycles. The first-order valence-corrected chi connectivity index (χ1v) is 10.3. The van der Waals surface area contributed by atoms with Gasteiger partial charge in [-0.1, -0.05) is 69.4 Å². The van der Waals surface area contributed by atoms with E-state index in [9.17, 15) is 0 Å². The van der Waals surface area contributed by atoms with Crippen LogP contribution in [0, 0.1) is 0 Å². The van der Waals surface area contributed by atoms with Gasteiger partial charge in [-0.25, -0.2) is 0 Å². The zero-order chi connectivity index (χ0) is 13.4. The minimum atomic E-state index is 0.392. The molecule has 2 aliphatic heterocycles. The lowest BCUT2D eigenvalue weighted by Crippen LogP contribution is -2.07. The summed E-state index contributed by atoms with van der Waals surface area (Å²) < 4.78 is 0.784. The Balaban J connectivity index is 1.33. The minimum Gasteiger partial charge on any atom is -0.363 e. The highest BCUT2D eigenvalue weighted by Gasteiger charge is 2.26. The molecule has 0 saturated heterocycles. The van der Waals surface area contributed by atoms with Gasteiger partial charge in [0.1, 0.15) is 9.41 Å². The number of thioether (sulfide) groups is 2. The van der Waals surface area contributed by atoms with Crippen molar-refractivity contribution < 1.29 is 0 Å². The van der Waals surface area contributed by atoms with Crippen molar-refractivity contribution in [3.05, 3.63) is 48.5 Å². The summed E-state index contributed by atoms with van der Waals surface area (Å²) >= 11 is 3.79. The molecule has 0 unspecified atom stereocenters. The number of anilines is 2. The van der Waals surface area contributed by atoms with Crippen LogP contribution in [0.3, 0.4) is 0 Å². The van der Waals surface area contributed by atoms with Gasteiger partial charge in [-0.2, -0.15) is 0 Å². The quantitative estimate of drug-likeness (QED) is 0.731. The third-order valence-corrected chi connectivity index (χ3v) is 8.97. The van der Waals surface area contributed by atoms with E-state index in [4.69, 9.17) is 0 Å². The molecular weight excluding hydrogens is 324 g/mol. The number of benzene rings is 2. The second kappa shape index (κ2) is 5.67. The summed E-state index contributed by atoms with van der Waals surface area (Å²) in [6, 6.07) is 17.0. The van der Waals surface area contributed by atoms with E-state index < -0.39 is 0 Å². The Bertz CT molecular complexity index is 529. The molecule has 0 saturated carbocycles. The molecule has 0 amide bonds. The highest BCUT2D eigenvalue weighted by Crippen LogP contribution is 2.51. The van der Waals surface area contributed by atoms with Crippen molar-refractivity contribution >= 4 is 56.5 Å². The molecule has 6 heteroatoms. The normalized spacial score (nSPS) is 22.8. The molecule has 0 spiro atoms. The predicted octanol–water partition coefficient (Wildman–Crippen LogP) is 5.37. The summed E-state index contributed by atoms with van der Waals surface area (Å²) in [5.41, 5.74) is 2.51. The third-order valence-electron chi connectivity index (χ3n) is 3.02. The second-order valence-corrected chi connectivity index (χ2v) is 9.75. The van der Waals surface area contributed by atoms with Crippen LogP contribution in [0.2, 0.25) is 0 Å². The Morgan fingerprint density at radius 3 is 1.60 bits per heavy atom. The van der Waals surface area contributed by atoms with E-state index in [1.54, 1.807) is 0 Å². The van der Waals surface area contributed by atoms with Gasteiger partial charge in [0.2, 0.25) is 0 Å². The molecule has 4 rings (SSSR count). The zero-order valence-corrected chi connectivity index (χ0v) is 13.7. The van der Waals surface area contributed by atoms with Crippen molar-refractivity contribution in [1.82, 2.24) is 0 Å². The molecule has 2 nitrogen and oxygen atoms in total. The smallest absolute Gasteiger partial charge is 0.134 e. The van der Waals surface area contributed by atoms with Crippen molar-refractivity contribution in [3.63, 3.8) is 0 Å². The summed E-state index contributed by atoms with van der Waals surface area (Å²) in [7, 11) is 3.79. The lowest BCUT2D eigenvalue weighted by molar-refractivity contribution is 1.39. The van der Waals surface area contributed by atoms with Crippen LogP contribution in [0.15, 0.2) is 58.3 Å². The van der Waals surface area contributed by atoms with Gasteiger partial charge in [-0.3, -0.25) is 0 Å². The van der Waals surface area contributed by atoms with Gasteiger partial charge in [-0.15, -0.1) is 0 Å². The summed E-state index contributed by atoms with van der Waals surface area (Å²) in [5.74, 6) is 0. The van der Waals surface area contributed by atoms with E-state index in [1.807, 2.05) is 45.1 Å². The van der Waals surface area contributed by atoms with E-state index >= 15 is 0 Å². The van der Waals surface area contributed by atoms with Crippen molar-refractivity contribution in [1.29, 1.82) is 0 Å². The molecule has 0 radical (unpaired) electrons. The molecule has 2 aromatic rings. The fourth-order valence-electron chi connectivity index (χ4n) is 2.11. The lowest BCUT2D eigenvalue weighted by Gasteiger charge is -2.13. The van der Waals surface area contributed by atoms with E-state index in [0.29, 0.717) is 9.41 Å². The number of nitrogens with one attached hydrogen (secondary N) is 2. The van der Waals surface area contributed by atoms with Crippen molar-refractivity contribution in [2.24, 2.45) is 0 Å². The Hall–Kier alpha value is -0.560. The standard InChI is InChI=1S/C14H12N2S4/c1-3-7-11-9(5-1)15-13(17-11)19-20-14-16-10-6-2-4-8-12(10)18-14/h1-8,13-16H/t13-,14-/m1/s1. The van der Waals surface area contributed by atoms with Gasteiger partial charge in [-0.05, 0) is 24.3 Å². The first kappa shape index (κ1) is 13.1. The van der Waals surface area contributed by atoms with Gasteiger partial charge < -0.3 is 10.6 Å². The third kappa shape index (κ3) is 2.62. The maximum absolute atomic E-state index is 3.55. The van der Waals surface area contributed by atoms with Crippen LogP contribution in [0.5, 0.6) is 0 Å². The lowest BCUT2D eigenvalue weighted by atomic mass is 10.3. The largest absolute Gasteiger partial charge is 0.363 e. The average molecular weight is 337 g/mol. The van der Waals surface area contributed by atoms with Gasteiger partial charge in [0.25, 0.3) is 0 Å². The molecule has 0 bridgehead atoms. The molecule has 2 atom stereocenters. The minimum absolute atomic E-state index is 0.392. The topological polar surface area (TPSA) is 24.1 Å². The van der Waals surface area contributed by atoms with E-state index in [1.165, 1.54) is 21.2 Å². The average Bonchev–Trinajstić information content (AvgIpc) is 3.07. The van der Waals surface area contributed by atoms with Crippen LogP contribution in [0.25, 0.3) is 0 Å². The monoisotopic (exact) mass is 336 g/mol. The number of para-hydroxylation sites is 2. The highest BCUT2D eigenvalue weighted by atomic mass is 33.1. The number of rotatable bonds is 3. The first-order valence-electron chi connectivity index (χ1n) is 6.25. The molecule has 0 aliphatic carbocycles. The fourth-order valence-corrected chi connectivity index (χ4v) is 7.67. The molecule has 0 aromatic heterocycles. The van der Waals surface area contributed by atoms with E-state index in [-0.39, 0.29) is 0 Å². The second-order valence-electron chi connectivity index (χ2n) is 4.37. The summed E-state index contributed by atoms with van der Waals surface area (Å²) in [5, 5.41) is 7.10. The molecule has 20 heavy (non-hydrogen) atoms. The maximum Gasteiger partial charge on any atom is 0.134 e. The van der Waals surface area contributed by atoms with Crippen LogP contribution in [-0.2, 0) is 0 Å². The summed E-state index contributed by atoms with van der Waals surface area (Å²) in [6.07, 6.45) is 0. The highest BCUT2D eigenvalue weighted by molar-refractivity contribution is 8.80. The summed E-state index contributed by atoms with van der Waals surface area (Å²) in [6.45, 7) is 0. The molecule has 102 valence electrons. The van der Waals surface area contributed by atoms with Gasteiger partial charge >= 0.3 is 0 Å². The Labute approximate surface area is 134 Å². The molecule has 2 aliphatic rings. The SMILES string of the molecule is c1ccc2c(c1)N[C@@H](SS[C@@H]1Nc3ccccc3S1)S2. The zero-order valence-electron chi connectivity index (χ0n) is 10.4. The molecule has 0 fully saturated rings. The van der Waals surface area contributed by atoms with E-state index in [2.05, 4.69) is 59.2 Å². The van der Waals surface area contributed by atoms with Crippen LogP contribution in [-0.4, -0.2) is 9.41 Å². The molecule has 2 N–H and O–H groups in total. The van der Waals surface area contributed by atoms with Gasteiger partial charge in [0.05, 0.1) is 0 Å². The van der Waals surface area contributed by atoms with E-state index in [0.717, 1.165) is 0 Å². The number of hydrogen-bond acceptors (Lipinski definition) is 6. The van der Waals surface area contributed by atoms with Crippen molar-refractivity contribution in [3.8, 4) is 0 Å². The van der Waals surface area contributed by atoms with Gasteiger partial charge in [0.15, 0.2) is 0 Å². The Morgan fingerprint density at radius 1 is 0.700 bits per heavy atom. The fraction of sp³-hybridized carbons (Fsp3) is 0.143. The summed E-state index contributed by atoms with van der Waals surface area (Å²) in [4.78, 5) is 2.70. The predicted molar refractivity (Wildman–Crippen MR) is 94.6 cm³/mol. The number of fused-ring (bicyclic) bond motifs is 2.